The largest absolute Gasteiger partial charge is 0.490 e. The molecule has 1 heterocycles. The zero-order valence-electron chi connectivity index (χ0n) is 12.0. The van der Waals surface area contributed by atoms with E-state index in [1.807, 2.05) is 31.3 Å². The highest BCUT2D eigenvalue weighted by Crippen LogP contribution is 2.37. The predicted octanol–water partition coefficient (Wildman–Crippen LogP) is 4.63. The van der Waals surface area contributed by atoms with Gasteiger partial charge in [0.25, 0.3) is 0 Å². The van der Waals surface area contributed by atoms with Crippen molar-refractivity contribution in [3.63, 3.8) is 0 Å². The van der Waals surface area contributed by atoms with Crippen LogP contribution >= 0.6 is 23.2 Å². The van der Waals surface area contributed by atoms with Gasteiger partial charge in [0, 0.05) is 22.0 Å². The van der Waals surface area contributed by atoms with Crippen molar-refractivity contribution in [1.82, 2.24) is 5.32 Å². The van der Waals surface area contributed by atoms with Gasteiger partial charge in [0.15, 0.2) is 0 Å². The van der Waals surface area contributed by atoms with Crippen LogP contribution in [0.3, 0.4) is 0 Å². The third-order valence-corrected chi connectivity index (χ3v) is 4.49. The van der Waals surface area contributed by atoms with Gasteiger partial charge >= 0.3 is 0 Å². The smallest absolute Gasteiger partial charge is 0.123 e. The number of hydrogen-bond donors (Lipinski definition) is 1. The molecular formula is C17H17Cl2NO. The molecule has 0 fully saturated rings. The number of halogens is 2. The molecular weight excluding hydrogens is 305 g/mol. The summed E-state index contributed by atoms with van der Waals surface area (Å²) >= 11 is 12.7. The van der Waals surface area contributed by atoms with Crippen LogP contribution in [0.15, 0.2) is 36.4 Å². The average Bonchev–Trinajstić information content (AvgIpc) is 2.82. The minimum Gasteiger partial charge on any atom is -0.490 e. The molecule has 0 aromatic heterocycles. The summed E-state index contributed by atoms with van der Waals surface area (Å²) in [6, 6.07) is 11.8. The van der Waals surface area contributed by atoms with E-state index in [9.17, 15) is 0 Å². The van der Waals surface area contributed by atoms with Crippen molar-refractivity contribution in [2.75, 3.05) is 7.05 Å². The molecule has 0 spiro atoms. The van der Waals surface area contributed by atoms with Gasteiger partial charge in [-0.05, 0) is 43.3 Å². The molecule has 1 aliphatic heterocycles. The van der Waals surface area contributed by atoms with Gasteiger partial charge in [-0.25, -0.2) is 0 Å². The van der Waals surface area contributed by atoms with E-state index in [1.165, 1.54) is 5.56 Å². The quantitative estimate of drug-likeness (QED) is 0.890. The van der Waals surface area contributed by atoms with Crippen LogP contribution in [0.5, 0.6) is 5.75 Å². The van der Waals surface area contributed by atoms with Gasteiger partial charge in [0.1, 0.15) is 11.9 Å². The number of ether oxygens (including phenoxy) is 1. The van der Waals surface area contributed by atoms with Crippen LogP contribution in [0.2, 0.25) is 10.0 Å². The van der Waals surface area contributed by atoms with Crippen molar-refractivity contribution in [2.45, 2.75) is 25.5 Å². The third kappa shape index (κ3) is 2.76. The lowest BCUT2D eigenvalue weighted by molar-refractivity contribution is 0.254. The Kier molecular flexibility index (Phi) is 4.12. The SMILES string of the molecule is CNC(c1ccc2c(c1)CC(C)O2)c1c(Cl)cccc1Cl. The molecule has 1 N–H and O–H groups in total. The van der Waals surface area contributed by atoms with E-state index in [1.54, 1.807) is 0 Å². The summed E-state index contributed by atoms with van der Waals surface area (Å²) in [4.78, 5) is 0. The van der Waals surface area contributed by atoms with E-state index in [4.69, 9.17) is 27.9 Å². The lowest BCUT2D eigenvalue weighted by Gasteiger charge is -2.20. The Morgan fingerprint density at radius 3 is 2.57 bits per heavy atom. The minimum absolute atomic E-state index is 0.0348. The molecule has 0 saturated heterocycles. The van der Waals surface area contributed by atoms with Gasteiger partial charge in [-0.2, -0.15) is 0 Å². The maximum absolute atomic E-state index is 6.34. The molecule has 2 atom stereocenters. The van der Waals surface area contributed by atoms with Crippen molar-refractivity contribution in [2.24, 2.45) is 0 Å². The molecule has 0 aliphatic carbocycles. The molecule has 2 nitrogen and oxygen atoms in total. The molecule has 1 aliphatic rings. The van der Waals surface area contributed by atoms with Crippen LogP contribution in [-0.4, -0.2) is 13.2 Å². The fourth-order valence-electron chi connectivity index (χ4n) is 2.89. The Morgan fingerprint density at radius 1 is 1.19 bits per heavy atom. The summed E-state index contributed by atoms with van der Waals surface area (Å²) in [6.07, 6.45) is 1.18. The van der Waals surface area contributed by atoms with E-state index in [0.29, 0.717) is 10.0 Å². The van der Waals surface area contributed by atoms with E-state index in [2.05, 4.69) is 24.4 Å². The van der Waals surface area contributed by atoms with Gasteiger partial charge in [-0.15, -0.1) is 0 Å². The second-order valence-corrected chi connectivity index (χ2v) is 6.17. The van der Waals surface area contributed by atoms with Gasteiger partial charge in [-0.1, -0.05) is 41.4 Å². The lowest BCUT2D eigenvalue weighted by atomic mass is 9.96. The van der Waals surface area contributed by atoms with E-state index in [0.717, 1.165) is 23.3 Å². The average molecular weight is 322 g/mol. The van der Waals surface area contributed by atoms with Gasteiger partial charge in [0.05, 0.1) is 6.04 Å². The van der Waals surface area contributed by atoms with Crippen molar-refractivity contribution in [3.05, 3.63) is 63.1 Å². The highest BCUT2D eigenvalue weighted by Gasteiger charge is 2.23. The number of hydrogen-bond acceptors (Lipinski definition) is 2. The summed E-state index contributed by atoms with van der Waals surface area (Å²) in [5.41, 5.74) is 3.29. The molecule has 0 bridgehead atoms. The third-order valence-electron chi connectivity index (χ3n) is 3.83. The maximum Gasteiger partial charge on any atom is 0.123 e. The van der Waals surface area contributed by atoms with Crippen LogP contribution in [0, 0.1) is 0 Å². The Hall–Kier alpha value is -1.22. The van der Waals surface area contributed by atoms with Gasteiger partial charge < -0.3 is 10.1 Å². The lowest BCUT2D eigenvalue weighted by Crippen LogP contribution is -2.18. The molecule has 21 heavy (non-hydrogen) atoms. The summed E-state index contributed by atoms with van der Waals surface area (Å²) in [5, 5.41) is 4.66. The zero-order valence-corrected chi connectivity index (χ0v) is 13.5. The molecule has 2 unspecified atom stereocenters. The van der Waals surface area contributed by atoms with E-state index < -0.39 is 0 Å². The van der Waals surface area contributed by atoms with Crippen LogP contribution in [-0.2, 0) is 6.42 Å². The van der Waals surface area contributed by atoms with Crippen molar-refractivity contribution >= 4 is 23.2 Å². The normalized spacial score (nSPS) is 18.2. The highest BCUT2D eigenvalue weighted by atomic mass is 35.5. The molecule has 2 aromatic rings. The predicted molar refractivity (Wildman–Crippen MR) is 87.6 cm³/mol. The van der Waals surface area contributed by atoms with Crippen LogP contribution in [0.4, 0.5) is 0 Å². The second kappa shape index (κ2) is 5.88. The molecule has 3 rings (SSSR count). The standard InChI is InChI=1S/C17H17Cl2NO/c1-10-8-12-9-11(6-7-15(12)21-10)17(20-2)16-13(18)4-3-5-14(16)19/h3-7,9-10,17,20H,8H2,1-2H3. The van der Waals surface area contributed by atoms with Gasteiger partial charge in [0.2, 0.25) is 0 Å². The molecule has 0 saturated carbocycles. The molecule has 2 aromatic carbocycles. The monoisotopic (exact) mass is 321 g/mol. The van der Waals surface area contributed by atoms with Crippen LogP contribution < -0.4 is 10.1 Å². The summed E-state index contributed by atoms with van der Waals surface area (Å²) in [6.45, 7) is 2.08. The van der Waals surface area contributed by atoms with E-state index in [-0.39, 0.29) is 12.1 Å². The second-order valence-electron chi connectivity index (χ2n) is 5.36. The first-order chi connectivity index (χ1) is 10.1. The van der Waals surface area contributed by atoms with Crippen LogP contribution in [0.25, 0.3) is 0 Å². The summed E-state index contributed by atoms with van der Waals surface area (Å²) < 4.78 is 5.76. The summed E-state index contributed by atoms with van der Waals surface area (Å²) in [5.74, 6) is 0.978. The zero-order chi connectivity index (χ0) is 15.0. The minimum atomic E-state index is -0.0348. The van der Waals surface area contributed by atoms with Crippen molar-refractivity contribution < 1.29 is 4.74 Å². The topological polar surface area (TPSA) is 21.3 Å². The first kappa shape index (κ1) is 14.7. The highest BCUT2D eigenvalue weighted by molar-refractivity contribution is 6.36. The number of nitrogens with one attached hydrogen (secondary N) is 1. The molecule has 0 amide bonds. The fourth-order valence-corrected chi connectivity index (χ4v) is 3.50. The Labute approximate surface area is 135 Å². The first-order valence-electron chi connectivity index (χ1n) is 7.01. The van der Waals surface area contributed by atoms with E-state index >= 15 is 0 Å². The number of fused-ring (bicyclic) bond motifs is 1. The first-order valence-corrected chi connectivity index (χ1v) is 7.76. The molecule has 0 radical (unpaired) electrons. The number of rotatable bonds is 3. The maximum atomic E-state index is 6.34. The van der Waals surface area contributed by atoms with Crippen molar-refractivity contribution in [3.8, 4) is 5.75 Å². The Morgan fingerprint density at radius 2 is 1.90 bits per heavy atom. The Bertz CT molecular complexity index is 652. The van der Waals surface area contributed by atoms with Crippen molar-refractivity contribution in [1.29, 1.82) is 0 Å². The van der Waals surface area contributed by atoms with Crippen LogP contribution in [0.1, 0.15) is 29.7 Å². The summed E-state index contributed by atoms with van der Waals surface area (Å²) in [7, 11) is 1.91. The Balaban J connectivity index is 2.04. The number of benzene rings is 2. The molecule has 110 valence electrons. The fraction of sp³-hybridized carbons (Fsp3) is 0.294. The molecule has 4 heteroatoms. The van der Waals surface area contributed by atoms with Gasteiger partial charge in [-0.3, -0.25) is 0 Å².